The molecule has 0 aromatic carbocycles. The zero-order valence-electron chi connectivity index (χ0n) is 14.3. The molecule has 0 saturated carbocycles. The lowest BCUT2D eigenvalue weighted by molar-refractivity contribution is 0.0996. The Morgan fingerprint density at radius 2 is 2.15 bits per heavy atom. The van der Waals surface area contributed by atoms with Gasteiger partial charge >= 0.3 is 0 Å². The summed E-state index contributed by atoms with van der Waals surface area (Å²) in [6.45, 7) is 2.57. The largest absolute Gasteiger partial charge is 0.364 e. The number of aromatic nitrogens is 4. The van der Waals surface area contributed by atoms with Gasteiger partial charge in [-0.3, -0.25) is 9.78 Å². The number of anilines is 1. The highest BCUT2D eigenvalue weighted by molar-refractivity contribution is 7.13. The van der Waals surface area contributed by atoms with Gasteiger partial charge in [-0.25, -0.2) is 9.97 Å². The highest BCUT2D eigenvalue weighted by atomic mass is 32.1. The number of pyridine rings is 1. The fourth-order valence-electron chi connectivity index (χ4n) is 3.38. The third-order valence-corrected chi connectivity index (χ3v) is 5.55. The minimum atomic E-state index is -0.478. The summed E-state index contributed by atoms with van der Waals surface area (Å²) in [6, 6.07) is 4.05. The van der Waals surface area contributed by atoms with Crippen LogP contribution >= 0.6 is 11.3 Å². The van der Waals surface area contributed by atoms with Crippen LogP contribution in [0.4, 0.5) is 5.13 Å². The highest BCUT2D eigenvalue weighted by Crippen LogP contribution is 2.31. The van der Waals surface area contributed by atoms with E-state index < -0.39 is 5.91 Å². The lowest BCUT2D eigenvalue weighted by atomic mass is 9.97. The van der Waals surface area contributed by atoms with E-state index in [0.717, 1.165) is 43.4 Å². The maximum Gasteiger partial charge on any atom is 0.268 e. The number of carbonyl (C=O) groups is 1. The summed E-state index contributed by atoms with van der Waals surface area (Å²) in [5, 5.41) is 2.59. The average molecular weight is 368 g/mol. The molecule has 4 heterocycles. The van der Waals surface area contributed by atoms with Crippen molar-refractivity contribution < 1.29 is 4.79 Å². The van der Waals surface area contributed by atoms with Crippen LogP contribution in [0.25, 0.3) is 0 Å². The first-order chi connectivity index (χ1) is 12.7. The molecule has 0 aliphatic carbocycles. The molecule has 7 nitrogen and oxygen atoms in total. The molecule has 1 amide bonds. The third kappa shape index (κ3) is 3.45. The van der Waals surface area contributed by atoms with Gasteiger partial charge in [0.15, 0.2) is 5.13 Å². The Labute approximate surface area is 155 Å². The monoisotopic (exact) mass is 368 g/mol. The Hall–Kier alpha value is -2.74. The number of hydrogen-bond acceptors (Lipinski definition) is 6. The minimum absolute atomic E-state index is 0.335. The van der Waals surface area contributed by atoms with Crippen molar-refractivity contribution in [2.45, 2.75) is 25.3 Å². The van der Waals surface area contributed by atoms with Crippen molar-refractivity contribution in [3.05, 3.63) is 59.4 Å². The first-order valence-electron chi connectivity index (χ1n) is 8.61. The number of hydrogen-bond donors (Lipinski definition) is 1. The molecular formula is C18H20N6OS. The van der Waals surface area contributed by atoms with E-state index in [9.17, 15) is 4.79 Å². The molecule has 1 aliphatic rings. The molecular weight excluding hydrogens is 348 g/mol. The highest BCUT2D eigenvalue weighted by Gasteiger charge is 2.26. The number of carbonyl (C=O) groups excluding carboxylic acids is 1. The molecule has 2 N–H and O–H groups in total. The number of imidazole rings is 1. The smallest absolute Gasteiger partial charge is 0.268 e. The number of nitrogens with two attached hydrogens (primary N) is 1. The van der Waals surface area contributed by atoms with Gasteiger partial charge in [-0.2, -0.15) is 0 Å². The Balaban J connectivity index is 1.51. The first-order valence-corrected chi connectivity index (χ1v) is 9.49. The summed E-state index contributed by atoms with van der Waals surface area (Å²) in [7, 11) is 0. The number of thiazole rings is 1. The quantitative estimate of drug-likeness (QED) is 0.746. The van der Waals surface area contributed by atoms with Gasteiger partial charge in [0.25, 0.3) is 5.91 Å². The van der Waals surface area contributed by atoms with E-state index in [0.29, 0.717) is 11.6 Å². The minimum Gasteiger partial charge on any atom is -0.364 e. The van der Waals surface area contributed by atoms with Crippen LogP contribution in [0.5, 0.6) is 0 Å². The van der Waals surface area contributed by atoms with Gasteiger partial charge in [0.1, 0.15) is 11.5 Å². The second-order valence-corrected chi connectivity index (χ2v) is 7.27. The molecule has 1 saturated heterocycles. The van der Waals surface area contributed by atoms with Crippen LogP contribution in [0.2, 0.25) is 0 Å². The average Bonchev–Trinajstić information content (AvgIpc) is 3.32. The second-order valence-electron chi connectivity index (χ2n) is 6.43. The lowest BCUT2D eigenvalue weighted by Gasteiger charge is -2.32. The number of amides is 1. The van der Waals surface area contributed by atoms with Gasteiger partial charge in [-0.15, -0.1) is 11.3 Å². The van der Waals surface area contributed by atoms with Crippen LogP contribution in [0.15, 0.2) is 42.3 Å². The summed E-state index contributed by atoms with van der Waals surface area (Å²) in [4.78, 5) is 26.6. The summed E-state index contributed by atoms with van der Waals surface area (Å²) >= 11 is 1.47. The maximum atomic E-state index is 11.3. The fourth-order valence-corrected chi connectivity index (χ4v) is 4.24. The zero-order chi connectivity index (χ0) is 17.9. The van der Waals surface area contributed by atoms with Gasteiger partial charge in [-0.1, -0.05) is 0 Å². The SMILES string of the molecule is NC(=O)c1csc(N2CCCC(c3nccn3Cc3ccncc3)C2)n1. The normalized spacial score (nSPS) is 17.4. The van der Waals surface area contributed by atoms with Gasteiger partial charge < -0.3 is 15.2 Å². The summed E-state index contributed by atoms with van der Waals surface area (Å²) in [6.07, 6.45) is 9.68. The molecule has 3 aromatic rings. The molecule has 1 unspecified atom stereocenters. The van der Waals surface area contributed by atoms with Crippen LogP contribution < -0.4 is 10.6 Å². The van der Waals surface area contributed by atoms with Crippen LogP contribution in [-0.4, -0.2) is 38.5 Å². The first kappa shape index (κ1) is 16.7. The van der Waals surface area contributed by atoms with Crippen molar-refractivity contribution in [1.29, 1.82) is 0 Å². The number of primary amides is 1. The number of rotatable bonds is 5. The standard InChI is InChI=1S/C18H20N6OS/c19-16(25)15-12-26-18(22-15)24-8-1-2-14(11-24)17-21-7-9-23(17)10-13-3-5-20-6-4-13/h3-7,9,12,14H,1-2,8,10-11H2,(H2,19,25). The van der Waals surface area contributed by atoms with Crippen LogP contribution in [0.1, 0.15) is 40.6 Å². The Bertz CT molecular complexity index is 890. The molecule has 134 valence electrons. The van der Waals surface area contributed by atoms with E-state index in [1.165, 1.54) is 16.9 Å². The van der Waals surface area contributed by atoms with Crippen molar-refractivity contribution in [1.82, 2.24) is 19.5 Å². The summed E-state index contributed by atoms with van der Waals surface area (Å²) < 4.78 is 2.21. The molecule has 1 fully saturated rings. The second kappa shape index (κ2) is 7.25. The van der Waals surface area contributed by atoms with E-state index in [4.69, 9.17) is 5.73 Å². The Morgan fingerprint density at radius 1 is 1.31 bits per heavy atom. The maximum absolute atomic E-state index is 11.3. The van der Waals surface area contributed by atoms with E-state index in [2.05, 4.69) is 24.4 Å². The van der Waals surface area contributed by atoms with Gasteiger partial charge in [0.2, 0.25) is 0 Å². The molecule has 0 spiro atoms. The van der Waals surface area contributed by atoms with Crippen molar-refractivity contribution in [2.24, 2.45) is 5.73 Å². The predicted octanol–water partition coefficient (Wildman–Crippen LogP) is 2.27. The van der Waals surface area contributed by atoms with Crippen molar-refractivity contribution >= 4 is 22.4 Å². The van der Waals surface area contributed by atoms with E-state index in [1.54, 1.807) is 5.38 Å². The fraction of sp³-hybridized carbons (Fsp3) is 0.333. The van der Waals surface area contributed by atoms with Gasteiger partial charge in [0.05, 0.1) is 0 Å². The molecule has 3 aromatic heterocycles. The van der Waals surface area contributed by atoms with Crippen molar-refractivity contribution in [2.75, 3.05) is 18.0 Å². The van der Waals surface area contributed by atoms with E-state index >= 15 is 0 Å². The predicted molar refractivity (Wildman–Crippen MR) is 100 cm³/mol. The molecule has 0 radical (unpaired) electrons. The molecule has 26 heavy (non-hydrogen) atoms. The topological polar surface area (TPSA) is 89.9 Å². The third-order valence-electron chi connectivity index (χ3n) is 4.65. The van der Waals surface area contributed by atoms with Crippen molar-refractivity contribution in [3.8, 4) is 0 Å². The molecule has 1 aliphatic heterocycles. The molecule has 4 rings (SSSR count). The summed E-state index contributed by atoms with van der Waals surface area (Å²) in [5.74, 6) is 0.952. The van der Waals surface area contributed by atoms with Crippen molar-refractivity contribution in [3.63, 3.8) is 0 Å². The van der Waals surface area contributed by atoms with Gasteiger partial charge in [-0.05, 0) is 30.5 Å². The zero-order valence-corrected chi connectivity index (χ0v) is 15.1. The van der Waals surface area contributed by atoms with E-state index in [1.807, 2.05) is 36.9 Å². The Kier molecular flexibility index (Phi) is 4.66. The number of piperidine rings is 1. The lowest BCUT2D eigenvalue weighted by Crippen LogP contribution is -2.35. The molecule has 0 bridgehead atoms. The number of nitrogens with zero attached hydrogens (tertiary/aromatic N) is 5. The van der Waals surface area contributed by atoms with Crippen LogP contribution in [0, 0.1) is 0 Å². The van der Waals surface area contributed by atoms with Crippen LogP contribution in [-0.2, 0) is 6.54 Å². The van der Waals surface area contributed by atoms with Crippen LogP contribution in [0.3, 0.4) is 0 Å². The van der Waals surface area contributed by atoms with Gasteiger partial charge in [0, 0.05) is 55.7 Å². The molecule has 1 atom stereocenters. The van der Waals surface area contributed by atoms with E-state index in [-0.39, 0.29) is 0 Å². The summed E-state index contributed by atoms with van der Waals surface area (Å²) in [5.41, 5.74) is 6.87. The molecule has 8 heteroatoms. The Morgan fingerprint density at radius 3 is 2.92 bits per heavy atom.